The van der Waals surface area contributed by atoms with Crippen LogP contribution in [0.4, 0.5) is 0 Å². The number of piperidine rings is 1. The lowest BCUT2D eigenvalue weighted by Crippen LogP contribution is -2.44. The Balaban J connectivity index is 1.69. The Morgan fingerprint density at radius 2 is 2.03 bits per heavy atom. The first-order chi connectivity index (χ1) is 14.2. The number of furan rings is 1. The fourth-order valence-electron chi connectivity index (χ4n) is 3.68. The number of benzene rings is 1. The quantitative estimate of drug-likeness (QED) is 0.466. The van der Waals surface area contributed by atoms with Crippen LogP contribution in [-0.4, -0.2) is 49.3 Å². The van der Waals surface area contributed by atoms with E-state index >= 15 is 0 Å². The Morgan fingerprint density at radius 3 is 2.72 bits per heavy atom. The van der Waals surface area contributed by atoms with Crippen molar-refractivity contribution in [1.29, 1.82) is 0 Å². The van der Waals surface area contributed by atoms with Gasteiger partial charge in [-0.3, -0.25) is 4.90 Å². The molecule has 0 bridgehead atoms. The van der Waals surface area contributed by atoms with Crippen molar-refractivity contribution in [1.82, 2.24) is 15.5 Å². The topological polar surface area (TPSA) is 82.3 Å². The number of para-hydroxylation sites is 1. The van der Waals surface area contributed by atoms with Gasteiger partial charge in [0.05, 0.1) is 26.0 Å². The fourth-order valence-corrected chi connectivity index (χ4v) is 3.68. The second-order valence-corrected chi connectivity index (χ2v) is 7.17. The highest BCUT2D eigenvalue weighted by Crippen LogP contribution is 2.29. The molecule has 7 nitrogen and oxygen atoms in total. The molecule has 1 unspecified atom stereocenters. The van der Waals surface area contributed by atoms with Crippen LogP contribution in [-0.2, 0) is 6.54 Å². The van der Waals surface area contributed by atoms with Gasteiger partial charge in [0.1, 0.15) is 5.76 Å². The lowest BCUT2D eigenvalue weighted by atomic mass is 10.1. The van der Waals surface area contributed by atoms with Gasteiger partial charge in [-0.2, -0.15) is 0 Å². The normalized spacial score (nSPS) is 16.4. The standard InChI is InChI=1S/C22H32N4O3/c1-3-23-22(24-15-17-9-7-10-20(28-2)21(17)27)25-16-18(19-11-8-14-29-19)26-12-5-4-6-13-26/h7-11,14,18,27H,3-6,12-13,15-16H2,1-2H3,(H2,23,24,25). The summed E-state index contributed by atoms with van der Waals surface area (Å²) in [7, 11) is 1.54. The Hall–Kier alpha value is -2.67. The number of aliphatic imine (C=N–C) groups is 1. The van der Waals surface area contributed by atoms with Gasteiger partial charge in [-0.05, 0) is 51.1 Å². The summed E-state index contributed by atoms with van der Waals surface area (Å²) < 4.78 is 10.9. The largest absolute Gasteiger partial charge is 0.504 e. The average Bonchev–Trinajstić information content (AvgIpc) is 3.28. The van der Waals surface area contributed by atoms with Crippen molar-refractivity contribution >= 4 is 5.96 Å². The molecular weight excluding hydrogens is 368 g/mol. The van der Waals surface area contributed by atoms with Gasteiger partial charge in [-0.15, -0.1) is 0 Å². The molecule has 7 heteroatoms. The second-order valence-electron chi connectivity index (χ2n) is 7.17. The highest BCUT2D eigenvalue weighted by Gasteiger charge is 2.24. The van der Waals surface area contributed by atoms with Crippen molar-refractivity contribution in [2.75, 3.05) is 33.3 Å². The van der Waals surface area contributed by atoms with E-state index < -0.39 is 0 Å². The number of methoxy groups -OCH3 is 1. The number of phenols is 1. The maximum atomic E-state index is 10.3. The second kappa shape index (κ2) is 10.8. The molecule has 1 aliphatic rings. The number of phenolic OH excluding ortho intramolecular Hbond substituents is 1. The van der Waals surface area contributed by atoms with Crippen LogP contribution in [0.3, 0.4) is 0 Å². The molecule has 158 valence electrons. The molecule has 0 saturated carbocycles. The predicted molar refractivity (Wildman–Crippen MR) is 114 cm³/mol. The first kappa shape index (κ1) is 21.0. The number of nitrogens with zero attached hydrogens (tertiary/aromatic N) is 2. The number of guanidine groups is 1. The molecule has 1 saturated heterocycles. The molecule has 1 aromatic carbocycles. The molecule has 3 rings (SSSR count). The van der Waals surface area contributed by atoms with Gasteiger partial charge >= 0.3 is 0 Å². The van der Waals surface area contributed by atoms with Gasteiger partial charge < -0.3 is 24.9 Å². The van der Waals surface area contributed by atoms with E-state index in [9.17, 15) is 5.11 Å². The minimum atomic E-state index is 0.136. The number of ether oxygens (including phenoxy) is 1. The zero-order valence-corrected chi connectivity index (χ0v) is 17.4. The summed E-state index contributed by atoms with van der Waals surface area (Å²) in [5.74, 6) is 2.28. The monoisotopic (exact) mass is 400 g/mol. The minimum Gasteiger partial charge on any atom is -0.504 e. The molecule has 3 N–H and O–H groups in total. The van der Waals surface area contributed by atoms with E-state index in [4.69, 9.17) is 9.15 Å². The molecule has 0 amide bonds. The lowest BCUT2D eigenvalue weighted by Gasteiger charge is -2.33. The van der Waals surface area contributed by atoms with Crippen molar-refractivity contribution in [2.24, 2.45) is 4.99 Å². The van der Waals surface area contributed by atoms with Crippen LogP contribution in [0.25, 0.3) is 0 Å². The fraction of sp³-hybridized carbons (Fsp3) is 0.500. The first-order valence-corrected chi connectivity index (χ1v) is 10.4. The molecule has 1 aliphatic heterocycles. The van der Waals surface area contributed by atoms with Crippen LogP contribution < -0.4 is 15.4 Å². The SMILES string of the molecule is CCNC(=NCc1cccc(OC)c1O)NCC(c1ccco1)N1CCCCC1. The molecule has 1 fully saturated rings. The third-order valence-corrected chi connectivity index (χ3v) is 5.22. The summed E-state index contributed by atoms with van der Waals surface area (Å²) >= 11 is 0. The predicted octanol–water partition coefficient (Wildman–Crippen LogP) is 3.28. The molecule has 1 aromatic heterocycles. The summed E-state index contributed by atoms with van der Waals surface area (Å²) in [6.45, 7) is 6.01. The first-order valence-electron chi connectivity index (χ1n) is 10.4. The van der Waals surface area contributed by atoms with Crippen LogP contribution >= 0.6 is 0 Å². The van der Waals surface area contributed by atoms with Crippen LogP contribution in [0.1, 0.15) is 43.6 Å². The van der Waals surface area contributed by atoms with Crippen molar-refractivity contribution < 1.29 is 14.3 Å². The number of hydrogen-bond acceptors (Lipinski definition) is 5. The Kier molecular flexibility index (Phi) is 7.81. The van der Waals surface area contributed by atoms with E-state index in [1.165, 1.54) is 19.3 Å². The molecule has 0 radical (unpaired) electrons. The Bertz CT molecular complexity index is 770. The van der Waals surface area contributed by atoms with Gasteiger partial charge in [-0.25, -0.2) is 4.99 Å². The molecular formula is C22H32N4O3. The highest BCUT2D eigenvalue weighted by atomic mass is 16.5. The number of hydrogen-bond donors (Lipinski definition) is 3. The summed E-state index contributed by atoms with van der Waals surface area (Å²) in [6, 6.07) is 9.59. The molecule has 0 aliphatic carbocycles. The zero-order chi connectivity index (χ0) is 20.5. The van der Waals surface area contributed by atoms with Crippen LogP contribution in [0.2, 0.25) is 0 Å². The van der Waals surface area contributed by atoms with Gasteiger partial charge in [0.15, 0.2) is 17.5 Å². The molecule has 0 spiro atoms. The van der Waals surface area contributed by atoms with E-state index in [0.29, 0.717) is 24.8 Å². The van der Waals surface area contributed by atoms with Gasteiger partial charge in [0.2, 0.25) is 0 Å². The molecule has 1 atom stereocenters. The maximum absolute atomic E-state index is 10.3. The van der Waals surface area contributed by atoms with E-state index in [1.54, 1.807) is 19.4 Å². The maximum Gasteiger partial charge on any atom is 0.191 e. The summed E-state index contributed by atoms with van der Waals surface area (Å²) in [5, 5.41) is 17.0. The van der Waals surface area contributed by atoms with Crippen LogP contribution in [0.5, 0.6) is 11.5 Å². The highest BCUT2D eigenvalue weighted by molar-refractivity contribution is 5.79. The summed E-state index contributed by atoms with van der Waals surface area (Å²) in [6.07, 6.45) is 5.47. The zero-order valence-electron chi connectivity index (χ0n) is 17.4. The molecule has 29 heavy (non-hydrogen) atoms. The number of nitrogens with one attached hydrogen (secondary N) is 2. The molecule has 2 heterocycles. The van der Waals surface area contributed by atoms with Crippen molar-refractivity contribution in [3.63, 3.8) is 0 Å². The third kappa shape index (κ3) is 5.67. The minimum absolute atomic E-state index is 0.136. The number of likely N-dealkylation sites (tertiary alicyclic amines) is 1. The van der Waals surface area contributed by atoms with Gasteiger partial charge in [0.25, 0.3) is 0 Å². The van der Waals surface area contributed by atoms with Crippen molar-refractivity contribution in [2.45, 2.75) is 38.8 Å². The summed E-state index contributed by atoms with van der Waals surface area (Å²) in [5.41, 5.74) is 0.722. The third-order valence-electron chi connectivity index (χ3n) is 5.22. The van der Waals surface area contributed by atoms with Crippen LogP contribution in [0.15, 0.2) is 46.0 Å². The summed E-state index contributed by atoms with van der Waals surface area (Å²) in [4.78, 5) is 7.13. The van der Waals surface area contributed by atoms with E-state index in [0.717, 1.165) is 31.0 Å². The Labute approximate surface area is 172 Å². The lowest BCUT2D eigenvalue weighted by molar-refractivity contribution is 0.146. The smallest absolute Gasteiger partial charge is 0.191 e. The van der Waals surface area contributed by atoms with Crippen molar-refractivity contribution in [3.8, 4) is 11.5 Å². The van der Waals surface area contributed by atoms with Crippen LogP contribution in [0, 0.1) is 0 Å². The average molecular weight is 401 g/mol. The number of rotatable bonds is 8. The van der Waals surface area contributed by atoms with E-state index in [2.05, 4.69) is 20.5 Å². The molecule has 2 aromatic rings. The Morgan fingerprint density at radius 1 is 1.21 bits per heavy atom. The van der Waals surface area contributed by atoms with Gasteiger partial charge in [-0.1, -0.05) is 18.6 Å². The van der Waals surface area contributed by atoms with E-state index in [-0.39, 0.29) is 11.8 Å². The van der Waals surface area contributed by atoms with Gasteiger partial charge in [0, 0.05) is 18.7 Å². The number of aromatic hydroxyl groups is 1. The van der Waals surface area contributed by atoms with Crippen molar-refractivity contribution in [3.05, 3.63) is 47.9 Å². The van der Waals surface area contributed by atoms with E-state index in [1.807, 2.05) is 31.2 Å².